The minimum absolute atomic E-state index is 0.00795. The first kappa shape index (κ1) is 12.1. The lowest BCUT2D eigenvalue weighted by molar-refractivity contribution is 0.243. The van der Waals surface area contributed by atoms with Crippen LogP contribution in [0.2, 0.25) is 0 Å². The molecule has 0 bridgehead atoms. The third-order valence-corrected chi connectivity index (χ3v) is 2.25. The monoisotopic (exact) mass is 215 g/mol. The fraction of sp³-hybridized carbons (Fsp3) is 0.455. The van der Waals surface area contributed by atoms with E-state index in [0.717, 1.165) is 12.1 Å². The van der Waals surface area contributed by atoms with Crippen molar-refractivity contribution >= 4 is 0 Å². The molecule has 0 saturated carbocycles. The van der Waals surface area contributed by atoms with Crippen LogP contribution in [0.3, 0.4) is 0 Å². The first-order chi connectivity index (χ1) is 7.04. The van der Waals surface area contributed by atoms with Crippen molar-refractivity contribution in [1.82, 2.24) is 5.32 Å². The zero-order valence-electron chi connectivity index (χ0n) is 8.80. The molecule has 1 aromatic carbocycles. The van der Waals surface area contributed by atoms with Crippen molar-refractivity contribution in [2.45, 2.75) is 25.9 Å². The molecule has 4 heteroatoms. The Hall–Kier alpha value is -1.00. The van der Waals surface area contributed by atoms with Crippen molar-refractivity contribution in [2.75, 3.05) is 6.61 Å². The second-order valence-corrected chi connectivity index (χ2v) is 3.65. The van der Waals surface area contributed by atoms with E-state index in [1.165, 1.54) is 6.07 Å². The summed E-state index contributed by atoms with van der Waals surface area (Å²) in [5.41, 5.74) is 0.661. The van der Waals surface area contributed by atoms with E-state index < -0.39 is 11.6 Å². The van der Waals surface area contributed by atoms with Crippen molar-refractivity contribution < 1.29 is 13.9 Å². The van der Waals surface area contributed by atoms with E-state index in [9.17, 15) is 8.78 Å². The third-order valence-electron chi connectivity index (χ3n) is 2.25. The average Bonchev–Trinajstić information content (AvgIpc) is 2.21. The Bertz CT molecular complexity index is 330. The van der Waals surface area contributed by atoms with Crippen LogP contribution < -0.4 is 5.32 Å². The van der Waals surface area contributed by atoms with Crippen LogP contribution in [0.4, 0.5) is 8.78 Å². The molecule has 0 aliphatic carbocycles. The predicted octanol–water partition coefficient (Wildman–Crippen LogP) is 2.00. The minimum atomic E-state index is -0.849. The maximum Gasteiger partial charge on any atom is 0.159 e. The van der Waals surface area contributed by atoms with Gasteiger partial charge < -0.3 is 10.4 Å². The Labute approximate surface area is 87.9 Å². The van der Waals surface area contributed by atoms with Gasteiger partial charge in [0.15, 0.2) is 11.6 Å². The number of aliphatic hydroxyl groups is 1. The maximum absolute atomic E-state index is 12.9. The normalized spacial score (nSPS) is 15.0. The van der Waals surface area contributed by atoms with Crippen LogP contribution in [0.1, 0.15) is 25.5 Å². The molecule has 2 nitrogen and oxygen atoms in total. The van der Waals surface area contributed by atoms with Gasteiger partial charge in [0.25, 0.3) is 0 Å². The van der Waals surface area contributed by atoms with Crippen molar-refractivity contribution in [3.8, 4) is 0 Å². The van der Waals surface area contributed by atoms with Crippen LogP contribution in [0.25, 0.3) is 0 Å². The van der Waals surface area contributed by atoms with E-state index in [0.29, 0.717) is 5.56 Å². The summed E-state index contributed by atoms with van der Waals surface area (Å²) in [6, 6.07) is 3.60. The van der Waals surface area contributed by atoms with Gasteiger partial charge in [0.1, 0.15) is 0 Å². The summed E-state index contributed by atoms with van der Waals surface area (Å²) < 4.78 is 25.6. The van der Waals surface area contributed by atoms with Gasteiger partial charge in [0.2, 0.25) is 0 Å². The van der Waals surface area contributed by atoms with Crippen molar-refractivity contribution in [3.63, 3.8) is 0 Å². The number of nitrogens with one attached hydrogen (secondary N) is 1. The van der Waals surface area contributed by atoms with Gasteiger partial charge in [-0.2, -0.15) is 0 Å². The number of rotatable bonds is 4. The van der Waals surface area contributed by atoms with Crippen molar-refractivity contribution in [1.29, 1.82) is 0 Å². The highest BCUT2D eigenvalue weighted by Gasteiger charge is 2.10. The van der Waals surface area contributed by atoms with Gasteiger partial charge >= 0.3 is 0 Å². The highest BCUT2D eigenvalue weighted by Crippen LogP contribution is 2.16. The summed E-state index contributed by atoms with van der Waals surface area (Å²) in [5.74, 6) is -1.70. The molecule has 2 atom stereocenters. The first-order valence-corrected chi connectivity index (χ1v) is 4.86. The molecular weight excluding hydrogens is 200 g/mol. The number of hydrogen-bond acceptors (Lipinski definition) is 2. The molecule has 15 heavy (non-hydrogen) atoms. The van der Waals surface area contributed by atoms with Gasteiger partial charge in [-0.1, -0.05) is 6.07 Å². The molecule has 0 radical (unpaired) electrons. The summed E-state index contributed by atoms with van der Waals surface area (Å²) in [6.07, 6.45) is 0. The molecule has 0 aliphatic heterocycles. The SMILES string of the molecule is C[C@H](CO)N[C@H](C)c1ccc(F)c(F)c1. The lowest BCUT2D eigenvalue weighted by Crippen LogP contribution is -2.31. The molecule has 0 heterocycles. The Balaban J connectivity index is 2.73. The van der Waals surface area contributed by atoms with Crippen LogP contribution >= 0.6 is 0 Å². The summed E-state index contributed by atoms with van der Waals surface area (Å²) in [7, 11) is 0. The van der Waals surface area contributed by atoms with Crippen molar-refractivity contribution in [3.05, 3.63) is 35.4 Å². The fourth-order valence-electron chi connectivity index (χ4n) is 1.36. The molecule has 0 aromatic heterocycles. The molecule has 84 valence electrons. The highest BCUT2D eigenvalue weighted by molar-refractivity contribution is 5.20. The second-order valence-electron chi connectivity index (χ2n) is 3.65. The number of aliphatic hydroxyl groups excluding tert-OH is 1. The molecule has 0 aliphatic rings. The molecular formula is C11H15F2NO. The molecule has 0 amide bonds. The topological polar surface area (TPSA) is 32.3 Å². The molecule has 0 saturated heterocycles. The van der Waals surface area contributed by atoms with E-state index in [1.54, 1.807) is 0 Å². The van der Waals surface area contributed by atoms with Crippen LogP contribution in [0.15, 0.2) is 18.2 Å². The van der Waals surface area contributed by atoms with Gasteiger partial charge in [0, 0.05) is 12.1 Å². The predicted molar refractivity (Wildman–Crippen MR) is 54.5 cm³/mol. The number of hydrogen-bond donors (Lipinski definition) is 2. The zero-order chi connectivity index (χ0) is 11.4. The quantitative estimate of drug-likeness (QED) is 0.805. The molecule has 1 aromatic rings. The van der Waals surface area contributed by atoms with Gasteiger partial charge in [0.05, 0.1) is 6.61 Å². The Morgan fingerprint density at radius 2 is 1.93 bits per heavy atom. The van der Waals surface area contributed by atoms with Crippen molar-refractivity contribution in [2.24, 2.45) is 0 Å². The van der Waals surface area contributed by atoms with Gasteiger partial charge in [-0.25, -0.2) is 8.78 Å². The summed E-state index contributed by atoms with van der Waals surface area (Å²) in [4.78, 5) is 0. The van der Waals surface area contributed by atoms with Crippen LogP contribution in [0, 0.1) is 11.6 Å². The van der Waals surface area contributed by atoms with E-state index in [1.807, 2.05) is 13.8 Å². The minimum Gasteiger partial charge on any atom is -0.395 e. The Kier molecular flexibility index (Phi) is 4.17. The molecule has 0 spiro atoms. The second kappa shape index (κ2) is 5.19. The van der Waals surface area contributed by atoms with Crippen LogP contribution in [-0.2, 0) is 0 Å². The van der Waals surface area contributed by atoms with Gasteiger partial charge in [-0.15, -0.1) is 0 Å². The summed E-state index contributed by atoms with van der Waals surface area (Å²) >= 11 is 0. The zero-order valence-corrected chi connectivity index (χ0v) is 8.80. The standard InChI is InChI=1S/C11H15F2NO/c1-7(6-15)14-8(2)9-3-4-10(12)11(13)5-9/h3-5,7-8,14-15H,6H2,1-2H3/t7-,8-/m1/s1. The maximum atomic E-state index is 12.9. The highest BCUT2D eigenvalue weighted by atomic mass is 19.2. The van der Waals surface area contributed by atoms with Crippen LogP contribution in [0.5, 0.6) is 0 Å². The summed E-state index contributed by atoms with van der Waals surface area (Å²) in [5, 5.41) is 11.9. The molecule has 0 fully saturated rings. The molecule has 2 N–H and O–H groups in total. The largest absolute Gasteiger partial charge is 0.395 e. The van der Waals surface area contributed by atoms with Crippen LogP contribution in [-0.4, -0.2) is 17.8 Å². The fourth-order valence-corrected chi connectivity index (χ4v) is 1.36. The third kappa shape index (κ3) is 3.25. The van der Waals surface area contributed by atoms with E-state index >= 15 is 0 Å². The van der Waals surface area contributed by atoms with E-state index in [-0.39, 0.29) is 18.7 Å². The molecule has 0 unspecified atom stereocenters. The lowest BCUT2D eigenvalue weighted by atomic mass is 10.1. The van der Waals surface area contributed by atoms with Gasteiger partial charge in [-0.3, -0.25) is 0 Å². The first-order valence-electron chi connectivity index (χ1n) is 4.86. The van der Waals surface area contributed by atoms with E-state index in [4.69, 9.17) is 5.11 Å². The lowest BCUT2D eigenvalue weighted by Gasteiger charge is -2.18. The summed E-state index contributed by atoms with van der Waals surface area (Å²) in [6.45, 7) is 3.66. The Morgan fingerprint density at radius 1 is 1.27 bits per heavy atom. The smallest absolute Gasteiger partial charge is 0.159 e. The number of benzene rings is 1. The molecule has 1 rings (SSSR count). The van der Waals surface area contributed by atoms with Gasteiger partial charge in [-0.05, 0) is 31.5 Å². The number of halogens is 2. The van der Waals surface area contributed by atoms with E-state index in [2.05, 4.69) is 5.32 Å². The average molecular weight is 215 g/mol. The Morgan fingerprint density at radius 3 is 2.47 bits per heavy atom.